The topological polar surface area (TPSA) is 66.5 Å². The van der Waals surface area contributed by atoms with Gasteiger partial charge in [0.15, 0.2) is 0 Å². The molecule has 0 saturated carbocycles. The zero-order valence-corrected chi connectivity index (χ0v) is 12.5. The standard InChI is InChI=1S/C13H20N2O3S/c1-5-15(6-2)19(17,18)13-9-12(14-11(4)16)8-7-10(13)3/h7-9H,5-6H2,1-4H3,(H,14,16). The molecule has 0 aliphatic heterocycles. The van der Waals surface area contributed by atoms with Gasteiger partial charge < -0.3 is 5.32 Å². The Balaban J connectivity index is 3.29. The molecule has 106 valence electrons. The minimum atomic E-state index is -3.51. The third-order valence-electron chi connectivity index (χ3n) is 2.83. The van der Waals surface area contributed by atoms with Crippen LogP contribution >= 0.6 is 0 Å². The van der Waals surface area contributed by atoms with E-state index in [2.05, 4.69) is 5.32 Å². The van der Waals surface area contributed by atoms with E-state index in [1.165, 1.54) is 17.3 Å². The maximum Gasteiger partial charge on any atom is 0.243 e. The monoisotopic (exact) mass is 284 g/mol. The molecule has 0 fully saturated rings. The molecule has 1 aromatic carbocycles. The molecule has 0 aromatic heterocycles. The minimum absolute atomic E-state index is 0.227. The number of hydrogen-bond acceptors (Lipinski definition) is 3. The summed E-state index contributed by atoms with van der Waals surface area (Å²) in [6.07, 6.45) is 0. The van der Waals surface area contributed by atoms with Crippen molar-refractivity contribution in [1.29, 1.82) is 0 Å². The first-order valence-electron chi connectivity index (χ1n) is 6.21. The van der Waals surface area contributed by atoms with E-state index >= 15 is 0 Å². The highest BCUT2D eigenvalue weighted by Gasteiger charge is 2.23. The van der Waals surface area contributed by atoms with Crippen molar-refractivity contribution in [3.63, 3.8) is 0 Å². The maximum atomic E-state index is 12.5. The fourth-order valence-electron chi connectivity index (χ4n) is 1.86. The van der Waals surface area contributed by atoms with Crippen molar-refractivity contribution in [2.45, 2.75) is 32.6 Å². The van der Waals surface area contributed by atoms with Crippen LogP contribution in [0.25, 0.3) is 0 Å². The van der Waals surface area contributed by atoms with Gasteiger partial charge in [0, 0.05) is 25.7 Å². The molecule has 0 radical (unpaired) electrons. The summed E-state index contributed by atoms with van der Waals surface area (Å²) in [5.41, 5.74) is 1.16. The summed E-state index contributed by atoms with van der Waals surface area (Å²) in [4.78, 5) is 11.3. The van der Waals surface area contributed by atoms with Crippen molar-refractivity contribution in [2.24, 2.45) is 0 Å². The molecule has 0 heterocycles. The summed E-state index contributed by atoms with van der Waals surface area (Å²) in [6.45, 7) is 7.57. The summed E-state index contributed by atoms with van der Waals surface area (Å²) in [5, 5.41) is 2.60. The Hall–Kier alpha value is -1.40. The van der Waals surface area contributed by atoms with Crippen molar-refractivity contribution in [2.75, 3.05) is 18.4 Å². The summed E-state index contributed by atoms with van der Waals surface area (Å²) in [6, 6.07) is 4.89. The van der Waals surface area contributed by atoms with Crippen LogP contribution in [0.3, 0.4) is 0 Å². The maximum absolute atomic E-state index is 12.5. The highest BCUT2D eigenvalue weighted by Crippen LogP contribution is 2.23. The van der Waals surface area contributed by atoms with Gasteiger partial charge in [0.25, 0.3) is 0 Å². The minimum Gasteiger partial charge on any atom is -0.326 e. The fourth-order valence-corrected chi connectivity index (χ4v) is 3.57. The Morgan fingerprint density at radius 2 is 1.84 bits per heavy atom. The Morgan fingerprint density at radius 1 is 1.26 bits per heavy atom. The van der Waals surface area contributed by atoms with Crippen molar-refractivity contribution >= 4 is 21.6 Å². The van der Waals surface area contributed by atoms with Crippen LogP contribution in [-0.2, 0) is 14.8 Å². The predicted octanol–water partition coefficient (Wildman–Crippen LogP) is 1.98. The lowest BCUT2D eigenvalue weighted by Gasteiger charge is -2.20. The van der Waals surface area contributed by atoms with Crippen molar-refractivity contribution in [1.82, 2.24) is 4.31 Å². The molecule has 6 heteroatoms. The molecule has 0 aliphatic rings. The smallest absolute Gasteiger partial charge is 0.243 e. The van der Waals surface area contributed by atoms with E-state index < -0.39 is 10.0 Å². The number of benzene rings is 1. The molecule has 1 amide bonds. The van der Waals surface area contributed by atoms with E-state index in [1.54, 1.807) is 32.9 Å². The van der Waals surface area contributed by atoms with Crippen molar-refractivity contribution < 1.29 is 13.2 Å². The van der Waals surface area contributed by atoms with Gasteiger partial charge in [-0.15, -0.1) is 0 Å². The van der Waals surface area contributed by atoms with Gasteiger partial charge in [-0.05, 0) is 24.6 Å². The number of nitrogens with one attached hydrogen (secondary N) is 1. The number of hydrogen-bond donors (Lipinski definition) is 1. The van der Waals surface area contributed by atoms with Gasteiger partial charge >= 0.3 is 0 Å². The van der Waals surface area contributed by atoms with Crippen LogP contribution in [-0.4, -0.2) is 31.7 Å². The Bertz CT molecular complexity index is 563. The average Bonchev–Trinajstić information content (AvgIpc) is 2.32. The Kier molecular flexibility index (Phi) is 5.08. The van der Waals surface area contributed by atoms with Gasteiger partial charge in [0.1, 0.15) is 0 Å². The fraction of sp³-hybridized carbons (Fsp3) is 0.462. The van der Waals surface area contributed by atoms with Crippen molar-refractivity contribution in [3.8, 4) is 0 Å². The molecule has 0 spiro atoms. The summed E-state index contributed by atoms with van der Waals surface area (Å²) < 4.78 is 26.3. The van der Waals surface area contributed by atoms with Gasteiger partial charge in [-0.2, -0.15) is 4.31 Å². The lowest BCUT2D eigenvalue weighted by atomic mass is 10.2. The SMILES string of the molecule is CCN(CC)S(=O)(=O)c1cc(NC(C)=O)ccc1C. The Morgan fingerprint density at radius 3 is 2.32 bits per heavy atom. The van der Waals surface area contributed by atoms with Crippen LogP contribution in [0.5, 0.6) is 0 Å². The highest BCUT2D eigenvalue weighted by atomic mass is 32.2. The van der Waals surface area contributed by atoms with Gasteiger partial charge in [0.05, 0.1) is 4.90 Å². The normalized spacial score (nSPS) is 11.6. The lowest BCUT2D eigenvalue weighted by molar-refractivity contribution is -0.114. The first-order chi connectivity index (χ1) is 8.82. The van der Waals surface area contributed by atoms with Crippen LogP contribution in [0.1, 0.15) is 26.3 Å². The molecular weight excluding hydrogens is 264 g/mol. The average molecular weight is 284 g/mol. The molecule has 5 nitrogen and oxygen atoms in total. The molecule has 0 unspecified atom stereocenters. The molecule has 1 rings (SSSR count). The number of aryl methyl sites for hydroxylation is 1. The summed E-state index contributed by atoms with van der Waals surface area (Å²) in [5.74, 6) is -0.227. The number of carbonyl (C=O) groups is 1. The van der Waals surface area contributed by atoms with E-state index in [0.717, 1.165) is 0 Å². The number of amides is 1. The molecule has 0 bridgehead atoms. The number of sulfonamides is 1. The number of anilines is 1. The first kappa shape index (κ1) is 15.7. The van der Waals surface area contributed by atoms with Crippen LogP contribution in [0.4, 0.5) is 5.69 Å². The molecule has 0 aliphatic carbocycles. The zero-order valence-electron chi connectivity index (χ0n) is 11.7. The molecule has 0 atom stereocenters. The van der Waals surface area contributed by atoms with E-state index in [1.807, 2.05) is 0 Å². The van der Waals surface area contributed by atoms with Crippen molar-refractivity contribution in [3.05, 3.63) is 23.8 Å². The number of rotatable bonds is 5. The second-order valence-electron chi connectivity index (χ2n) is 4.25. The molecule has 0 saturated heterocycles. The second-order valence-corrected chi connectivity index (χ2v) is 6.16. The molecule has 1 N–H and O–H groups in total. The Labute approximate surface area is 114 Å². The van der Waals surface area contributed by atoms with Crippen LogP contribution in [0.15, 0.2) is 23.1 Å². The summed E-state index contributed by atoms with van der Waals surface area (Å²) >= 11 is 0. The van der Waals surface area contributed by atoms with Crippen LogP contribution in [0.2, 0.25) is 0 Å². The van der Waals surface area contributed by atoms with Gasteiger partial charge in [-0.3, -0.25) is 4.79 Å². The number of nitrogens with zero attached hydrogens (tertiary/aromatic N) is 1. The van der Waals surface area contributed by atoms with E-state index in [4.69, 9.17) is 0 Å². The van der Waals surface area contributed by atoms with E-state index in [9.17, 15) is 13.2 Å². The molecule has 19 heavy (non-hydrogen) atoms. The lowest BCUT2D eigenvalue weighted by Crippen LogP contribution is -2.31. The quantitative estimate of drug-likeness (QED) is 0.899. The largest absolute Gasteiger partial charge is 0.326 e. The van der Waals surface area contributed by atoms with E-state index in [-0.39, 0.29) is 10.8 Å². The van der Waals surface area contributed by atoms with Crippen LogP contribution < -0.4 is 5.32 Å². The highest BCUT2D eigenvalue weighted by molar-refractivity contribution is 7.89. The van der Waals surface area contributed by atoms with Gasteiger partial charge in [-0.1, -0.05) is 19.9 Å². The third-order valence-corrected chi connectivity index (χ3v) is 5.02. The number of carbonyl (C=O) groups excluding carboxylic acids is 1. The zero-order chi connectivity index (χ0) is 14.6. The first-order valence-corrected chi connectivity index (χ1v) is 7.65. The van der Waals surface area contributed by atoms with E-state index in [0.29, 0.717) is 24.3 Å². The third kappa shape index (κ3) is 3.54. The molecule has 1 aromatic rings. The predicted molar refractivity (Wildman–Crippen MR) is 75.6 cm³/mol. The van der Waals surface area contributed by atoms with Gasteiger partial charge in [0.2, 0.25) is 15.9 Å². The second kappa shape index (κ2) is 6.16. The van der Waals surface area contributed by atoms with Gasteiger partial charge in [-0.25, -0.2) is 8.42 Å². The summed E-state index contributed by atoms with van der Waals surface area (Å²) in [7, 11) is -3.51. The van der Waals surface area contributed by atoms with Crippen LogP contribution in [0, 0.1) is 6.92 Å². The molecular formula is C13H20N2O3S.